The lowest BCUT2D eigenvalue weighted by atomic mass is 10.1. The van der Waals surface area contributed by atoms with E-state index in [0.29, 0.717) is 11.8 Å². The van der Waals surface area contributed by atoms with Crippen molar-refractivity contribution in [2.75, 3.05) is 53.4 Å². The molecule has 6 nitrogen and oxygen atoms in total. The summed E-state index contributed by atoms with van der Waals surface area (Å²) in [7, 11) is 4.02. The Morgan fingerprint density at radius 1 is 1.24 bits per heavy atom. The van der Waals surface area contributed by atoms with Crippen LogP contribution in [0.2, 0.25) is 0 Å². The van der Waals surface area contributed by atoms with Crippen molar-refractivity contribution in [2.24, 2.45) is 10.9 Å². The van der Waals surface area contributed by atoms with Gasteiger partial charge >= 0.3 is 0 Å². The van der Waals surface area contributed by atoms with Crippen LogP contribution >= 0.6 is 11.3 Å². The molecule has 1 fully saturated rings. The van der Waals surface area contributed by atoms with Crippen molar-refractivity contribution in [3.8, 4) is 0 Å². The third-order valence-corrected chi connectivity index (χ3v) is 5.44. The van der Waals surface area contributed by atoms with E-state index in [1.807, 2.05) is 7.05 Å². The minimum atomic E-state index is 0.484. The first-order valence-corrected chi connectivity index (χ1v) is 10.2. The van der Waals surface area contributed by atoms with Gasteiger partial charge in [-0.15, -0.1) is 11.3 Å². The summed E-state index contributed by atoms with van der Waals surface area (Å²) < 4.78 is 0. The average molecular weight is 367 g/mol. The van der Waals surface area contributed by atoms with Crippen LogP contribution in [-0.4, -0.2) is 74.1 Å². The zero-order valence-electron chi connectivity index (χ0n) is 16.4. The van der Waals surface area contributed by atoms with E-state index in [4.69, 9.17) is 0 Å². The van der Waals surface area contributed by atoms with Crippen molar-refractivity contribution in [2.45, 2.75) is 33.2 Å². The summed E-state index contributed by atoms with van der Waals surface area (Å²) in [6.45, 7) is 14.2. The zero-order chi connectivity index (χ0) is 18.2. The fraction of sp³-hybridized carbons (Fsp3) is 0.778. The Kier molecular flexibility index (Phi) is 8.12. The van der Waals surface area contributed by atoms with Gasteiger partial charge in [-0.05, 0) is 18.9 Å². The van der Waals surface area contributed by atoms with E-state index >= 15 is 0 Å². The molecule has 0 bridgehead atoms. The SMILES string of the molecule is CN=C(NCc1nc(C(C)C)cs1)NCC(C)CN1CCN(C)CC1. The molecular weight excluding hydrogens is 332 g/mol. The van der Waals surface area contributed by atoms with Crippen molar-refractivity contribution in [1.82, 2.24) is 25.4 Å². The van der Waals surface area contributed by atoms with Crippen molar-refractivity contribution in [3.63, 3.8) is 0 Å². The second-order valence-corrected chi connectivity index (χ2v) is 8.28. The number of aliphatic imine (C=N–C) groups is 1. The molecule has 0 spiro atoms. The van der Waals surface area contributed by atoms with Crippen LogP contribution in [0, 0.1) is 5.92 Å². The lowest BCUT2D eigenvalue weighted by molar-refractivity contribution is 0.139. The third kappa shape index (κ3) is 6.92. The number of rotatable bonds is 7. The van der Waals surface area contributed by atoms with E-state index in [1.165, 1.54) is 31.9 Å². The molecule has 2 heterocycles. The predicted molar refractivity (Wildman–Crippen MR) is 108 cm³/mol. The molecule has 0 aromatic carbocycles. The highest BCUT2D eigenvalue weighted by Crippen LogP contribution is 2.17. The van der Waals surface area contributed by atoms with Crippen LogP contribution in [0.15, 0.2) is 10.4 Å². The number of hydrogen-bond donors (Lipinski definition) is 2. The van der Waals surface area contributed by atoms with E-state index in [1.54, 1.807) is 11.3 Å². The highest BCUT2D eigenvalue weighted by atomic mass is 32.1. The molecule has 1 aliphatic rings. The molecule has 2 rings (SSSR count). The number of hydrogen-bond acceptors (Lipinski definition) is 5. The van der Waals surface area contributed by atoms with Crippen molar-refractivity contribution >= 4 is 17.3 Å². The maximum Gasteiger partial charge on any atom is 0.191 e. The Hall–Kier alpha value is -1.18. The van der Waals surface area contributed by atoms with Crippen molar-refractivity contribution < 1.29 is 0 Å². The predicted octanol–water partition coefficient (Wildman–Crippen LogP) is 1.82. The van der Waals surface area contributed by atoms with Crippen LogP contribution in [-0.2, 0) is 6.54 Å². The van der Waals surface area contributed by atoms with Gasteiger partial charge in [-0.1, -0.05) is 20.8 Å². The maximum atomic E-state index is 4.66. The lowest BCUT2D eigenvalue weighted by Gasteiger charge is -2.34. The van der Waals surface area contributed by atoms with Gasteiger partial charge in [-0.2, -0.15) is 0 Å². The summed E-state index contributed by atoms with van der Waals surface area (Å²) in [5.74, 6) is 1.93. The zero-order valence-corrected chi connectivity index (χ0v) is 17.2. The first-order chi connectivity index (χ1) is 12.0. The fourth-order valence-electron chi connectivity index (χ4n) is 2.86. The van der Waals surface area contributed by atoms with Crippen LogP contribution in [0.5, 0.6) is 0 Å². The van der Waals surface area contributed by atoms with E-state index in [-0.39, 0.29) is 0 Å². The van der Waals surface area contributed by atoms with Crippen molar-refractivity contribution in [3.05, 3.63) is 16.1 Å². The number of aromatic nitrogens is 1. The number of nitrogens with zero attached hydrogens (tertiary/aromatic N) is 4. The summed E-state index contributed by atoms with van der Waals surface area (Å²) in [6, 6.07) is 0. The first kappa shape index (κ1) is 20.1. The molecule has 0 radical (unpaired) electrons. The Balaban J connectivity index is 1.68. The summed E-state index contributed by atoms with van der Waals surface area (Å²) in [4.78, 5) is 13.9. The molecule has 0 aliphatic carbocycles. The average Bonchev–Trinajstić information content (AvgIpc) is 3.06. The topological polar surface area (TPSA) is 55.8 Å². The Labute approximate surface area is 156 Å². The molecule has 1 aromatic heterocycles. The molecule has 0 saturated carbocycles. The number of thiazole rings is 1. The molecule has 1 aliphatic heterocycles. The number of piperazine rings is 1. The molecule has 2 N–H and O–H groups in total. The highest BCUT2D eigenvalue weighted by molar-refractivity contribution is 7.09. The smallest absolute Gasteiger partial charge is 0.191 e. The van der Waals surface area contributed by atoms with Gasteiger partial charge in [0.1, 0.15) is 5.01 Å². The second-order valence-electron chi connectivity index (χ2n) is 7.34. The standard InChI is InChI=1S/C18H34N6S/c1-14(2)16-13-25-17(22-16)11-21-18(19-4)20-10-15(3)12-24-8-6-23(5)7-9-24/h13-15H,6-12H2,1-5H3,(H2,19,20,21). The number of nitrogens with one attached hydrogen (secondary N) is 2. The van der Waals surface area contributed by atoms with Gasteiger partial charge in [0, 0.05) is 51.7 Å². The third-order valence-electron chi connectivity index (χ3n) is 4.58. The maximum absolute atomic E-state index is 4.66. The second kappa shape index (κ2) is 10.1. The van der Waals surface area contributed by atoms with Gasteiger partial charge in [0.05, 0.1) is 12.2 Å². The van der Waals surface area contributed by atoms with Crippen LogP contribution in [0.4, 0.5) is 0 Å². The van der Waals surface area contributed by atoms with Gasteiger partial charge in [-0.25, -0.2) is 4.98 Å². The fourth-order valence-corrected chi connectivity index (χ4v) is 3.75. The van der Waals surface area contributed by atoms with Crippen molar-refractivity contribution in [1.29, 1.82) is 0 Å². The Morgan fingerprint density at radius 2 is 1.96 bits per heavy atom. The van der Waals surface area contributed by atoms with Crippen LogP contribution < -0.4 is 10.6 Å². The summed E-state index contributed by atoms with van der Waals surface area (Å²) in [5, 5.41) is 10.1. The van der Waals surface area contributed by atoms with Gasteiger partial charge < -0.3 is 20.4 Å². The number of guanidine groups is 1. The largest absolute Gasteiger partial charge is 0.356 e. The van der Waals surface area contributed by atoms with E-state index < -0.39 is 0 Å². The van der Waals surface area contributed by atoms with Crippen LogP contribution in [0.1, 0.15) is 37.4 Å². The minimum Gasteiger partial charge on any atom is -0.356 e. The molecular formula is C18H34N6S. The summed E-state index contributed by atoms with van der Waals surface area (Å²) >= 11 is 1.71. The lowest BCUT2D eigenvalue weighted by Crippen LogP contribution is -2.47. The molecule has 7 heteroatoms. The first-order valence-electron chi connectivity index (χ1n) is 9.27. The molecule has 1 saturated heterocycles. The quantitative estimate of drug-likeness (QED) is 0.569. The molecule has 1 aromatic rings. The van der Waals surface area contributed by atoms with E-state index in [0.717, 1.165) is 30.6 Å². The molecule has 25 heavy (non-hydrogen) atoms. The van der Waals surface area contributed by atoms with Crippen LogP contribution in [0.25, 0.3) is 0 Å². The van der Waals surface area contributed by atoms with E-state index in [2.05, 4.69) is 63.6 Å². The minimum absolute atomic E-state index is 0.484. The van der Waals surface area contributed by atoms with Gasteiger partial charge in [0.15, 0.2) is 5.96 Å². The Bertz CT molecular complexity index is 533. The van der Waals surface area contributed by atoms with E-state index in [9.17, 15) is 0 Å². The highest BCUT2D eigenvalue weighted by Gasteiger charge is 2.16. The monoisotopic (exact) mass is 366 g/mol. The Morgan fingerprint density at radius 3 is 2.56 bits per heavy atom. The normalized spacial score (nSPS) is 18.6. The molecule has 142 valence electrons. The van der Waals surface area contributed by atoms with Gasteiger partial charge in [-0.3, -0.25) is 4.99 Å². The molecule has 1 atom stereocenters. The molecule has 1 unspecified atom stereocenters. The van der Waals surface area contributed by atoms with Gasteiger partial charge in [0.25, 0.3) is 0 Å². The summed E-state index contributed by atoms with van der Waals surface area (Å²) in [5.41, 5.74) is 1.17. The summed E-state index contributed by atoms with van der Waals surface area (Å²) in [6.07, 6.45) is 0. The van der Waals surface area contributed by atoms with Gasteiger partial charge in [0.2, 0.25) is 0 Å². The molecule has 0 amide bonds. The number of likely N-dealkylation sites (N-methyl/N-ethyl adjacent to an activating group) is 1. The van der Waals surface area contributed by atoms with Crippen LogP contribution in [0.3, 0.4) is 0 Å².